The molecular weight excluding hydrogens is 238 g/mol. The Kier molecular flexibility index (Phi) is 3.98. The standard InChI is InChI=1S/C11H13N3O4/c1-4-5-8-6-9(13(15)16)10(12-3)11(7(8)2)14(17)18/h4-6,12H,1-3H3. The first kappa shape index (κ1) is 13.6. The average molecular weight is 251 g/mol. The third kappa shape index (κ3) is 2.29. The molecule has 0 aliphatic carbocycles. The quantitative estimate of drug-likeness (QED) is 0.655. The highest BCUT2D eigenvalue weighted by Crippen LogP contribution is 2.39. The maximum atomic E-state index is 11.1. The molecule has 0 saturated carbocycles. The van der Waals surface area contributed by atoms with Crippen LogP contribution in [0.5, 0.6) is 0 Å². The minimum Gasteiger partial charge on any atom is -0.377 e. The van der Waals surface area contributed by atoms with Crippen molar-refractivity contribution in [2.75, 3.05) is 12.4 Å². The van der Waals surface area contributed by atoms with Crippen molar-refractivity contribution in [2.45, 2.75) is 13.8 Å². The van der Waals surface area contributed by atoms with Crippen LogP contribution in [0, 0.1) is 27.2 Å². The fraction of sp³-hybridized carbons (Fsp3) is 0.273. The van der Waals surface area contributed by atoms with Crippen molar-refractivity contribution in [3.8, 4) is 0 Å². The molecule has 1 aromatic rings. The van der Waals surface area contributed by atoms with Gasteiger partial charge in [-0.1, -0.05) is 12.2 Å². The fourth-order valence-electron chi connectivity index (χ4n) is 1.74. The predicted octanol–water partition coefficient (Wildman–Crippen LogP) is 2.89. The number of benzene rings is 1. The Morgan fingerprint density at radius 1 is 1.28 bits per heavy atom. The molecule has 1 aromatic carbocycles. The molecule has 0 bridgehead atoms. The minimum atomic E-state index is -0.634. The molecule has 0 atom stereocenters. The largest absolute Gasteiger partial charge is 0.377 e. The molecule has 7 nitrogen and oxygen atoms in total. The summed E-state index contributed by atoms with van der Waals surface area (Å²) < 4.78 is 0. The molecule has 0 fully saturated rings. The summed E-state index contributed by atoms with van der Waals surface area (Å²) in [7, 11) is 1.42. The van der Waals surface area contributed by atoms with Gasteiger partial charge in [-0.3, -0.25) is 20.2 Å². The van der Waals surface area contributed by atoms with Crippen LogP contribution in [0.2, 0.25) is 0 Å². The second kappa shape index (κ2) is 5.26. The molecule has 0 aromatic heterocycles. The molecular formula is C11H13N3O4. The van der Waals surface area contributed by atoms with Crippen LogP contribution in [-0.2, 0) is 0 Å². The van der Waals surface area contributed by atoms with Crippen molar-refractivity contribution < 1.29 is 9.85 Å². The van der Waals surface area contributed by atoms with E-state index in [4.69, 9.17) is 0 Å². The van der Waals surface area contributed by atoms with Crippen molar-refractivity contribution in [1.82, 2.24) is 0 Å². The van der Waals surface area contributed by atoms with E-state index in [-0.39, 0.29) is 17.1 Å². The Morgan fingerprint density at radius 3 is 2.28 bits per heavy atom. The number of nitrogens with one attached hydrogen (secondary N) is 1. The zero-order valence-corrected chi connectivity index (χ0v) is 10.3. The van der Waals surface area contributed by atoms with E-state index in [0.717, 1.165) is 0 Å². The van der Waals surface area contributed by atoms with E-state index in [1.54, 1.807) is 26.0 Å². The van der Waals surface area contributed by atoms with Gasteiger partial charge < -0.3 is 5.32 Å². The van der Waals surface area contributed by atoms with E-state index in [2.05, 4.69) is 5.32 Å². The Bertz CT molecular complexity index is 538. The molecule has 0 aliphatic rings. The number of anilines is 1. The summed E-state index contributed by atoms with van der Waals surface area (Å²) in [5.41, 5.74) is 0.224. The van der Waals surface area contributed by atoms with E-state index in [1.807, 2.05) is 0 Å². The van der Waals surface area contributed by atoms with Crippen LogP contribution in [0.4, 0.5) is 17.1 Å². The zero-order chi connectivity index (χ0) is 13.9. The van der Waals surface area contributed by atoms with Gasteiger partial charge in [0.15, 0.2) is 5.69 Å². The Balaban J connectivity index is 3.75. The maximum Gasteiger partial charge on any atom is 0.302 e. The zero-order valence-electron chi connectivity index (χ0n) is 10.3. The van der Waals surface area contributed by atoms with Gasteiger partial charge in [0.05, 0.1) is 9.85 Å². The van der Waals surface area contributed by atoms with E-state index in [1.165, 1.54) is 13.1 Å². The number of hydrogen-bond donors (Lipinski definition) is 1. The molecule has 0 saturated heterocycles. The summed E-state index contributed by atoms with van der Waals surface area (Å²) in [5.74, 6) is 0. The SMILES string of the molecule is CC=Cc1cc([N+](=O)[O-])c(NC)c([N+](=O)[O-])c1C. The highest BCUT2D eigenvalue weighted by molar-refractivity contribution is 5.80. The first-order valence-electron chi connectivity index (χ1n) is 5.20. The summed E-state index contributed by atoms with van der Waals surface area (Å²) in [4.78, 5) is 20.8. The molecule has 18 heavy (non-hydrogen) atoms. The van der Waals surface area contributed by atoms with Gasteiger partial charge in [0.25, 0.3) is 5.69 Å². The Hall–Kier alpha value is -2.44. The van der Waals surface area contributed by atoms with Crippen LogP contribution in [0.25, 0.3) is 6.08 Å². The topological polar surface area (TPSA) is 98.3 Å². The molecule has 0 amide bonds. The smallest absolute Gasteiger partial charge is 0.302 e. The van der Waals surface area contributed by atoms with Gasteiger partial charge in [0.2, 0.25) is 0 Å². The third-order valence-corrected chi connectivity index (χ3v) is 2.55. The van der Waals surface area contributed by atoms with Crippen LogP contribution in [0.3, 0.4) is 0 Å². The van der Waals surface area contributed by atoms with Crippen LogP contribution in [0.1, 0.15) is 18.1 Å². The van der Waals surface area contributed by atoms with Crippen molar-refractivity contribution in [3.63, 3.8) is 0 Å². The van der Waals surface area contributed by atoms with Gasteiger partial charge in [-0.2, -0.15) is 0 Å². The normalized spacial score (nSPS) is 10.6. The molecule has 0 radical (unpaired) electrons. The van der Waals surface area contributed by atoms with Crippen LogP contribution >= 0.6 is 0 Å². The highest BCUT2D eigenvalue weighted by Gasteiger charge is 2.28. The van der Waals surface area contributed by atoms with Crippen molar-refractivity contribution in [3.05, 3.63) is 43.5 Å². The number of nitro groups is 2. The fourth-order valence-corrected chi connectivity index (χ4v) is 1.74. The summed E-state index contributed by atoms with van der Waals surface area (Å²) in [6.07, 6.45) is 3.28. The van der Waals surface area contributed by atoms with Gasteiger partial charge >= 0.3 is 5.69 Å². The molecule has 0 aliphatic heterocycles. The lowest BCUT2D eigenvalue weighted by Gasteiger charge is -2.08. The number of rotatable bonds is 4. The summed E-state index contributed by atoms with van der Waals surface area (Å²) >= 11 is 0. The summed E-state index contributed by atoms with van der Waals surface area (Å²) in [6.45, 7) is 3.31. The first-order chi connectivity index (χ1) is 8.43. The maximum absolute atomic E-state index is 11.1. The van der Waals surface area contributed by atoms with Gasteiger partial charge in [0.1, 0.15) is 0 Å². The van der Waals surface area contributed by atoms with E-state index in [9.17, 15) is 20.2 Å². The van der Waals surface area contributed by atoms with E-state index >= 15 is 0 Å². The Morgan fingerprint density at radius 2 is 1.89 bits per heavy atom. The molecule has 1 N–H and O–H groups in total. The molecule has 0 unspecified atom stereocenters. The lowest BCUT2D eigenvalue weighted by atomic mass is 10.0. The van der Waals surface area contributed by atoms with E-state index in [0.29, 0.717) is 11.1 Å². The van der Waals surface area contributed by atoms with Crippen LogP contribution < -0.4 is 5.32 Å². The lowest BCUT2D eigenvalue weighted by Crippen LogP contribution is -2.04. The van der Waals surface area contributed by atoms with Gasteiger partial charge in [0, 0.05) is 18.7 Å². The molecule has 7 heteroatoms. The average Bonchev–Trinajstić information content (AvgIpc) is 2.30. The Labute approximate surface area is 103 Å². The first-order valence-corrected chi connectivity index (χ1v) is 5.20. The number of hydrogen-bond acceptors (Lipinski definition) is 5. The summed E-state index contributed by atoms with van der Waals surface area (Å²) in [5, 5.41) is 24.5. The molecule has 1 rings (SSSR count). The third-order valence-electron chi connectivity index (χ3n) is 2.55. The minimum absolute atomic E-state index is 0.0734. The highest BCUT2D eigenvalue weighted by atomic mass is 16.6. The second-order valence-corrected chi connectivity index (χ2v) is 3.60. The second-order valence-electron chi connectivity index (χ2n) is 3.60. The predicted molar refractivity (Wildman–Crippen MR) is 68.7 cm³/mol. The van der Waals surface area contributed by atoms with Gasteiger partial charge in [-0.05, 0) is 19.4 Å². The van der Waals surface area contributed by atoms with Crippen molar-refractivity contribution in [2.24, 2.45) is 0 Å². The van der Waals surface area contributed by atoms with Crippen molar-refractivity contribution in [1.29, 1.82) is 0 Å². The van der Waals surface area contributed by atoms with Crippen molar-refractivity contribution >= 4 is 23.1 Å². The number of nitro benzene ring substituents is 2. The number of allylic oxidation sites excluding steroid dienone is 1. The summed E-state index contributed by atoms with van der Waals surface area (Å²) in [6, 6.07) is 1.33. The molecule has 0 spiro atoms. The monoisotopic (exact) mass is 251 g/mol. The van der Waals surface area contributed by atoms with Gasteiger partial charge in [-0.15, -0.1) is 0 Å². The van der Waals surface area contributed by atoms with E-state index < -0.39 is 9.85 Å². The van der Waals surface area contributed by atoms with Gasteiger partial charge in [-0.25, -0.2) is 0 Å². The molecule has 0 heterocycles. The van der Waals surface area contributed by atoms with Crippen LogP contribution in [-0.4, -0.2) is 16.9 Å². The lowest BCUT2D eigenvalue weighted by molar-refractivity contribution is -0.392. The number of nitrogens with zero attached hydrogens (tertiary/aromatic N) is 2. The molecule has 96 valence electrons. The van der Waals surface area contributed by atoms with Crippen LogP contribution in [0.15, 0.2) is 12.1 Å².